The van der Waals surface area contributed by atoms with Crippen molar-refractivity contribution < 1.29 is 32.3 Å². The molecule has 1 aromatic carbocycles. The molecule has 35 heavy (non-hydrogen) atoms. The van der Waals surface area contributed by atoms with Crippen LogP contribution in [0.25, 0.3) is 0 Å². The van der Waals surface area contributed by atoms with Crippen LogP contribution in [0.2, 0.25) is 0 Å². The number of alkyl halides is 2. The molecule has 0 bridgehead atoms. The fraction of sp³-hybridized carbons (Fsp3) is 0.600. The molecule has 0 radical (unpaired) electrons. The van der Waals surface area contributed by atoms with Crippen molar-refractivity contribution in [3.63, 3.8) is 0 Å². The van der Waals surface area contributed by atoms with Crippen LogP contribution in [0.1, 0.15) is 44.6 Å². The van der Waals surface area contributed by atoms with Gasteiger partial charge >= 0.3 is 0 Å². The molecule has 3 aliphatic rings. The van der Waals surface area contributed by atoms with Crippen molar-refractivity contribution in [3.05, 3.63) is 35.6 Å². The Bertz CT molecular complexity index is 1020. The molecule has 2 heterocycles. The van der Waals surface area contributed by atoms with Gasteiger partial charge in [0.2, 0.25) is 17.5 Å². The number of carbonyl (C=O) groups excluding carboxylic acids is 4. The van der Waals surface area contributed by atoms with Gasteiger partial charge < -0.3 is 15.5 Å². The molecular weight excluding hydrogens is 463 g/mol. The number of nitrogens with zero attached hydrogens (tertiary/aromatic N) is 1. The largest absolute Gasteiger partial charge is 0.356 e. The van der Waals surface area contributed by atoms with Gasteiger partial charge in [-0.05, 0) is 56.6 Å². The maximum Gasteiger partial charge on any atom is 0.265 e. The minimum absolute atomic E-state index is 0.00561. The van der Waals surface area contributed by atoms with Crippen LogP contribution >= 0.6 is 0 Å². The summed E-state index contributed by atoms with van der Waals surface area (Å²) in [6.45, 7) is 0.350. The number of amides is 3. The van der Waals surface area contributed by atoms with Crippen LogP contribution in [0.3, 0.4) is 0 Å². The zero-order chi connectivity index (χ0) is 25.3. The second-order valence-electron chi connectivity index (χ2n) is 9.94. The van der Waals surface area contributed by atoms with Crippen molar-refractivity contribution in [2.75, 3.05) is 19.8 Å². The maximum atomic E-state index is 15.8. The molecule has 190 valence electrons. The Kier molecular flexibility index (Phi) is 7.19. The lowest BCUT2D eigenvalue weighted by Gasteiger charge is -2.33. The molecule has 7 nitrogen and oxygen atoms in total. The average molecular weight is 494 g/mol. The van der Waals surface area contributed by atoms with Gasteiger partial charge in [0.1, 0.15) is 18.5 Å². The van der Waals surface area contributed by atoms with Crippen LogP contribution in [0.4, 0.5) is 13.2 Å². The van der Waals surface area contributed by atoms with Crippen molar-refractivity contribution >= 4 is 23.5 Å². The maximum absolute atomic E-state index is 15.8. The van der Waals surface area contributed by atoms with Gasteiger partial charge in [0.05, 0.1) is 6.04 Å². The topological polar surface area (TPSA) is 95.6 Å². The van der Waals surface area contributed by atoms with E-state index in [4.69, 9.17) is 0 Å². The highest BCUT2D eigenvalue weighted by Crippen LogP contribution is 2.44. The molecular formula is C25H30F3N3O4. The number of likely N-dealkylation sites (tertiary alicyclic amines) is 1. The molecule has 0 spiro atoms. The molecule has 1 aromatic rings. The molecule has 2 aliphatic heterocycles. The first-order chi connectivity index (χ1) is 16.6. The summed E-state index contributed by atoms with van der Waals surface area (Å²) in [5.74, 6) is -4.17. The Balaban J connectivity index is 1.57. The Morgan fingerprint density at radius 3 is 2.69 bits per heavy atom. The molecule has 0 unspecified atom stereocenters. The van der Waals surface area contributed by atoms with E-state index in [-0.39, 0.29) is 36.3 Å². The van der Waals surface area contributed by atoms with E-state index in [0.29, 0.717) is 19.4 Å². The average Bonchev–Trinajstić information content (AvgIpc) is 3.53. The summed E-state index contributed by atoms with van der Waals surface area (Å²) in [7, 11) is 0. The SMILES string of the molecule is C[C@](F)(C(=O)N1C[C@@H]2CCC[C@@H]2[C@H]1C(=O)N[C@@H](C[C@@H]1CCNC1=O)C(=O)CF)c1cccc(F)c1. The summed E-state index contributed by atoms with van der Waals surface area (Å²) in [6, 6.07) is 2.46. The van der Waals surface area contributed by atoms with E-state index in [9.17, 15) is 28.0 Å². The van der Waals surface area contributed by atoms with Crippen molar-refractivity contribution in [1.82, 2.24) is 15.5 Å². The number of hydrogen-bond acceptors (Lipinski definition) is 4. The van der Waals surface area contributed by atoms with Gasteiger partial charge in [0.15, 0.2) is 5.78 Å². The predicted molar refractivity (Wildman–Crippen MR) is 120 cm³/mol. The number of carbonyl (C=O) groups is 4. The lowest BCUT2D eigenvalue weighted by molar-refractivity contribution is -0.149. The molecule has 1 saturated carbocycles. The van der Waals surface area contributed by atoms with Crippen molar-refractivity contribution in [2.24, 2.45) is 17.8 Å². The van der Waals surface area contributed by atoms with Crippen LogP contribution in [-0.2, 0) is 24.8 Å². The first-order valence-corrected chi connectivity index (χ1v) is 12.1. The quantitative estimate of drug-likeness (QED) is 0.581. The molecule has 1 aliphatic carbocycles. The third-order valence-electron chi connectivity index (χ3n) is 7.71. The minimum atomic E-state index is -2.57. The van der Waals surface area contributed by atoms with E-state index in [0.717, 1.165) is 31.9 Å². The summed E-state index contributed by atoms with van der Waals surface area (Å²) >= 11 is 0. The Morgan fingerprint density at radius 2 is 2.03 bits per heavy atom. The Hall–Kier alpha value is -2.91. The van der Waals surface area contributed by atoms with Gasteiger partial charge in [-0.25, -0.2) is 13.2 Å². The number of nitrogens with one attached hydrogen (secondary N) is 2. The second kappa shape index (κ2) is 9.99. The highest BCUT2D eigenvalue weighted by molar-refractivity contribution is 5.96. The van der Waals surface area contributed by atoms with Crippen LogP contribution < -0.4 is 10.6 Å². The summed E-state index contributed by atoms with van der Waals surface area (Å²) in [6.07, 6.45) is 2.71. The van der Waals surface area contributed by atoms with E-state index in [1.54, 1.807) is 0 Å². The molecule has 4 rings (SSSR count). The summed E-state index contributed by atoms with van der Waals surface area (Å²) in [5.41, 5.74) is -2.73. The molecule has 3 fully saturated rings. The summed E-state index contributed by atoms with van der Waals surface area (Å²) < 4.78 is 42.8. The zero-order valence-corrected chi connectivity index (χ0v) is 19.6. The second-order valence-corrected chi connectivity index (χ2v) is 9.94. The fourth-order valence-electron chi connectivity index (χ4n) is 5.80. The van der Waals surface area contributed by atoms with Gasteiger partial charge in [0, 0.05) is 24.6 Å². The molecule has 6 atom stereocenters. The number of fused-ring (bicyclic) bond motifs is 1. The van der Waals surface area contributed by atoms with E-state index in [1.807, 2.05) is 0 Å². The molecule has 10 heteroatoms. The Morgan fingerprint density at radius 1 is 1.26 bits per heavy atom. The lowest BCUT2D eigenvalue weighted by Crippen LogP contribution is -2.55. The molecule has 0 aromatic heterocycles. The van der Waals surface area contributed by atoms with Gasteiger partial charge in [-0.15, -0.1) is 0 Å². The minimum Gasteiger partial charge on any atom is -0.356 e. The fourth-order valence-corrected chi connectivity index (χ4v) is 5.80. The number of benzene rings is 1. The predicted octanol–water partition coefficient (Wildman–Crippen LogP) is 2.19. The summed E-state index contributed by atoms with van der Waals surface area (Å²) in [5, 5.41) is 5.22. The first kappa shape index (κ1) is 25.2. The molecule has 2 N–H and O–H groups in total. The molecule has 3 amide bonds. The standard InChI is InChI=1S/C25H30F3N3O4/c1-25(28,16-5-3-6-17(27)11-16)24(35)31-13-15-4-2-7-18(15)21(31)23(34)30-19(20(32)12-26)10-14-8-9-29-22(14)33/h3,5-6,11,14-15,18-19,21H,2,4,7-10,12-13H2,1H3,(H,29,33)(H,30,34)/t14-,15-,18-,19-,21-,25+/m0/s1. The van der Waals surface area contributed by atoms with E-state index < -0.39 is 53.8 Å². The Labute approximate surface area is 201 Å². The molecule has 2 saturated heterocycles. The van der Waals surface area contributed by atoms with E-state index in [1.165, 1.54) is 17.0 Å². The number of ketones is 1. The highest BCUT2D eigenvalue weighted by atomic mass is 19.1. The van der Waals surface area contributed by atoms with Gasteiger partial charge in [-0.1, -0.05) is 18.6 Å². The first-order valence-electron chi connectivity index (χ1n) is 12.1. The van der Waals surface area contributed by atoms with Gasteiger partial charge in [-0.3, -0.25) is 19.2 Å². The van der Waals surface area contributed by atoms with Crippen LogP contribution in [0.15, 0.2) is 24.3 Å². The number of hydrogen-bond donors (Lipinski definition) is 2. The lowest BCUT2D eigenvalue weighted by atomic mass is 9.91. The van der Waals surface area contributed by atoms with Gasteiger partial charge in [0.25, 0.3) is 5.91 Å². The monoisotopic (exact) mass is 493 g/mol. The van der Waals surface area contributed by atoms with Crippen LogP contribution in [0, 0.1) is 23.6 Å². The van der Waals surface area contributed by atoms with Crippen molar-refractivity contribution in [2.45, 2.75) is 56.8 Å². The highest BCUT2D eigenvalue weighted by Gasteiger charge is 2.53. The van der Waals surface area contributed by atoms with Crippen LogP contribution in [-0.4, -0.2) is 60.3 Å². The third kappa shape index (κ3) is 4.92. The number of Topliss-reactive ketones (excluding diaryl/α,β-unsaturated/α-hetero) is 1. The van der Waals surface area contributed by atoms with E-state index in [2.05, 4.69) is 10.6 Å². The zero-order valence-electron chi connectivity index (χ0n) is 19.6. The smallest absolute Gasteiger partial charge is 0.265 e. The number of halogens is 3. The normalized spacial score (nSPS) is 28.2. The van der Waals surface area contributed by atoms with Crippen LogP contribution in [0.5, 0.6) is 0 Å². The van der Waals surface area contributed by atoms with E-state index >= 15 is 4.39 Å². The van der Waals surface area contributed by atoms with Gasteiger partial charge in [-0.2, -0.15) is 0 Å². The van der Waals surface area contributed by atoms with Crippen molar-refractivity contribution in [1.29, 1.82) is 0 Å². The summed E-state index contributed by atoms with van der Waals surface area (Å²) in [4.78, 5) is 52.3. The number of rotatable bonds is 8. The third-order valence-corrected chi connectivity index (χ3v) is 7.71. The van der Waals surface area contributed by atoms with Crippen molar-refractivity contribution in [3.8, 4) is 0 Å².